The van der Waals surface area contributed by atoms with Gasteiger partial charge in [-0.25, -0.2) is 4.98 Å². The molecule has 0 aliphatic rings. The molecule has 2 heterocycles. The summed E-state index contributed by atoms with van der Waals surface area (Å²) < 4.78 is 0. The number of aliphatic carboxylic acids is 1. The summed E-state index contributed by atoms with van der Waals surface area (Å²) in [6.07, 6.45) is 0.896. The topological polar surface area (TPSA) is 120 Å². The van der Waals surface area contributed by atoms with Gasteiger partial charge in [-0.2, -0.15) is 0 Å². The summed E-state index contributed by atoms with van der Waals surface area (Å²) >= 11 is 0. The third-order valence-corrected chi connectivity index (χ3v) is 4.08. The molecular formula is C19H16N2O5. The van der Waals surface area contributed by atoms with Crippen molar-refractivity contribution in [2.24, 2.45) is 0 Å². The summed E-state index contributed by atoms with van der Waals surface area (Å²) in [5.74, 6) is -1.75. The van der Waals surface area contributed by atoms with Crippen molar-refractivity contribution in [2.75, 3.05) is 0 Å². The number of nitrogens with one attached hydrogen (secondary N) is 1. The van der Waals surface area contributed by atoms with Crippen molar-refractivity contribution in [1.82, 2.24) is 9.97 Å². The number of carbonyl (C=O) groups is 2. The third kappa shape index (κ3) is 3.38. The highest BCUT2D eigenvalue weighted by atomic mass is 16.4. The normalized spacial score (nSPS) is 10.8. The quantitative estimate of drug-likeness (QED) is 0.585. The highest BCUT2D eigenvalue weighted by Gasteiger charge is 2.20. The van der Waals surface area contributed by atoms with Crippen LogP contribution in [0.4, 0.5) is 0 Å². The Morgan fingerprint density at radius 1 is 1.08 bits per heavy atom. The third-order valence-electron chi connectivity index (χ3n) is 4.08. The molecule has 2 aromatic heterocycles. The van der Waals surface area contributed by atoms with Gasteiger partial charge >= 0.3 is 5.97 Å². The Morgan fingerprint density at radius 3 is 2.46 bits per heavy atom. The molecule has 3 N–H and O–H groups in total. The predicted molar refractivity (Wildman–Crippen MR) is 94.9 cm³/mol. The lowest BCUT2D eigenvalue weighted by Crippen LogP contribution is -2.22. The van der Waals surface area contributed by atoms with E-state index in [-0.39, 0.29) is 29.6 Å². The minimum absolute atomic E-state index is 0.157. The van der Waals surface area contributed by atoms with Crippen LogP contribution in [-0.2, 0) is 11.4 Å². The molecule has 0 radical (unpaired) electrons. The van der Waals surface area contributed by atoms with E-state index in [1.54, 1.807) is 12.3 Å². The standard InChI is InChI=1S/C19H16N2O5/c22-10-14-13-8-12(11-4-2-1-3-5-11)9-20-18(13)21-19(26)17(14)15(23)6-7-16(24)25/h1-5,8-9,22H,6-7,10H2,(H,24,25)(H,20,21,26). The van der Waals surface area contributed by atoms with Crippen LogP contribution >= 0.6 is 0 Å². The zero-order valence-corrected chi connectivity index (χ0v) is 13.7. The number of aliphatic hydroxyl groups is 1. The molecular weight excluding hydrogens is 336 g/mol. The smallest absolute Gasteiger partial charge is 0.303 e. The van der Waals surface area contributed by atoms with Gasteiger partial charge in [-0.15, -0.1) is 0 Å². The van der Waals surface area contributed by atoms with Crippen molar-refractivity contribution < 1.29 is 19.8 Å². The Kier molecular flexibility index (Phi) is 4.90. The number of rotatable bonds is 6. The second-order valence-electron chi connectivity index (χ2n) is 5.77. The minimum Gasteiger partial charge on any atom is -0.481 e. The lowest BCUT2D eigenvalue weighted by Gasteiger charge is -2.10. The monoisotopic (exact) mass is 352 g/mol. The fourth-order valence-corrected chi connectivity index (χ4v) is 2.83. The van der Waals surface area contributed by atoms with Crippen molar-refractivity contribution in [3.8, 4) is 11.1 Å². The molecule has 0 amide bonds. The molecule has 132 valence electrons. The number of aliphatic hydroxyl groups excluding tert-OH is 1. The summed E-state index contributed by atoms with van der Waals surface area (Å²) in [4.78, 5) is 42.1. The lowest BCUT2D eigenvalue weighted by molar-refractivity contribution is -0.136. The average Bonchev–Trinajstić information content (AvgIpc) is 2.65. The number of carboxylic acid groups (broad SMARTS) is 1. The fraction of sp³-hybridized carbons (Fsp3) is 0.158. The molecule has 0 fully saturated rings. The van der Waals surface area contributed by atoms with E-state index in [0.717, 1.165) is 11.1 Å². The van der Waals surface area contributed by atoms with Crippen LogP contribution < -0.4 is 5.56 Å². The molecule has 0 aliphatic heterocycles. The Labute approximate surface area is 148 Å². The van der Waals surface area contributed by atoms with E-state index < -0.39 is 23.9 Å². The first-order valence-corrected chi connectivity index (χ1v) is 7.97. The molecule has 0 saturated carbocycles. The lowest BCUT2D eigenvalue weighted by atomic mass is 9.98. The van der Waals surface area contributed by atoms with Gasteiger partial charge in [-0.3, -0.25) is 14.4 Å². The van der Waals surface area contributed by atoms with Gasteiger partial charge < -0.3 is 15.2 Å². The maximum Gasteiger partial charge on any atom is 0.303 e. The van der Waals surface area contributed by atoms with Crippen LogP contribution in [0, 0.1) is 0 Å². The first-order valence-electron chi connectivity index (χ1n) is 7.97. The van der Waals surface area contributed by atoms with Gasteiger partial charge in [0.15, 0.2) is 5.78 Å². The van der Waals surface area contributed by atoms with E-state index in [1.165, 1.54) is 0 Å². The second-order valence-corrected chi connectivity index (χ2v) is 5.77. The predicted octanol–water partition coefficient (Wildman–Crippen LogP) is 2.13. The number of H-pyrrole nitrogens is 1. The van der Waals surface area contributed by atoms with E-state index >= 15 is 0 Å². The van der Waals surface area contributed by atoms with Gasteiger partial charge in [-0.05, 0) is 11.6 Å². The van der Waals surface area contributed by atoms with Gasteiger partial charge in [0, 0.05) is 29.1 Å². The Hall–Kier alpha value is -3.32. The first kappa shape index (κ1) is 17.5. The van der Waals surface area contributed by atoms with Crippen molar-refractivity contribution in [2.45, 2.75) is 19.4 Å². The largest absolute Gasteiger partial charge is 0.481 e. The molecule has 3 aromatic rings. The van der Waals surface area contributed by atoms with Crippen LogP contribution in [0.5, 0.6) is 0 Å². The Balaban J connectivity index is 2.17. The van der Waals surface area contributed by atoms with Crippen molar-refractivity contribution in [3.63, 3.8) is 0 Å². The molecule has 0 atom stereocenters. The van der Waals surface area contributed by atoms with Gasteiger partial charge in [-0.1, -0.05) is 30.3 Å². The molecule has 0 unspecified atom stereocenters. The molecule has 3 rings (SSSR count). The first-order chi connectivity index (χ1) is 12.5. The number of ketones is 1. The Bertz CT molecular complexity index is 1040. The minimum atomic E-state index is -1.13. The van der Waals surface area contributed by atoms with Crippen LogP contribution in [0.3, 0.4) is 0 Å². The fourth-order valence-electron chi connectivity index (χ4n) is 2.83. The van der Waals surface area contributed by atoms with Crippen LogP contribution in [0.2, 0.25) is 0 Å². The summed E-state index contributed by atoms with van der Waals surface area (Å²) in [5.41, 5.74) is 1.18. The van der Waals surface area contributed by atoms with E-state index in [9.17, 15) is 19.5 Å². The number of carbonyl (C=O) groups excluding carboxylic acids is 1. The SMILES string of the molecule is O=C(O)CCC(=O)c1c(CO)c2cc(-c3ccccc3)cnc2[nH]c1=O. The van der Waals surface area contributed by atoms with Crippen molar-refractivity contribution in [1.29, 1.82) is 0 Å². The maximum absolute atomic E-state index is 12.3. The molecule has 0 spiro atoms. The van der Waals surface area contributed by atoms with E-state index in [1.807, 2.05) is 30.3 Å². The molecule has 0 saturated heterocycles. The highest BCUT2D eigenvalue weighted by Crippen LogP contribution is 2.25. The van der Waals surface area contributed by atoms with E-state index in [4.69, 9.17) is 5.11 Å². The van der Waals surface area contributed by atoms with Crippen LogP contribution in [-0.4, -0.2) is 31.9 Å². The number of nitrogens with zero attached hydrogens (tertiary/aromatic N) is 1. The molecule has 7 heteroatoms. The van der Waals surface area contributed by atoms with Gasteiger partial charge in [0.2, 0.25) is 0 Å². The zero-order valence-electron chi connectivity index (χ0n) is 13.7. The van der Waals surface area contributed by atoms with Crippen molar-refractivity contribution >= 4 is 22.8 Å². The number of hydrogen-bond donors (Lipinski definition) is 3. The second kappa shape index (κ2) is 7.28. The highest BCUT2D eigenvalue weighted by molar-refractivity contribution is 6.02. The summed E-state index contributed by atoms with van der Waals surface area (Å²) in [6.45, 7) is -0.533. The average molecular weight is 352 g/mol. The number of aromatic nitrogens is 2. The van der Waals surface area contributed by atoms with Crippen LogP contribution in [0.25, 0.3) is 22.2 Å². The van der Waals surface area contributed by atoms with Gasteiger partial charge in [0.05, 0.1) is 18.6 Å². The van der Waals surface area contributed by atoms with E-state index in [2.05, 4.69) is 9.97 Å². The van der Waals surface area contributed by atoms with Crippen molar-refractivity contribution in [3.05, 3.63) is 64.1 Å². The summed E-state index contributed by atoms with van der Waals surface area (Å²) in [7, 11) is 0. The molecule has 1 aromatic carbocycles. The van der Waals surface area contributed by atoms with Gasteiger partial charge in [0.1, 0.15) is 5.65 Å². The number of carboxylic acids is 1. The molecule has 0 bridgehead atoms. The maximum atomic E-state index is 12.3. The number of hydrogen-bond acceptors (Lipinski definition) is 5. The number of Topliss-reactive ketones (excluding diaryl/α,β-unsaturated/α-hetero) is 1. The van der Waals surface area contributed by atoms with Gasteiger partial charge in [0.25, 0.3) is 5.56 Å². The Morgan fingerprint density at radius 2 is 1.81 bits per heavy atom. The zero-order chi connectivity index (χ0) is 18.7. The number of fused-ring (bicyclic) bond motifs is 1. The van der Waals surface area contributed by atoms with Crippen LogP contribution in [0.15, 0.2) is 47.4 Å². The van der Waals surface area contributed by atoms with E-state index in [0.29, 0.717) is 5.39 Å². The summed E-state index contributed by atoms with van der Waals surface area (Å²) in [6, 6.07) is 11.2. The molecule has 0 aliphatic carbocycles. The number of pyridine rings is 2. The summed E-state index contributed by atoms with van der Waals surface area (Å²) in [5, 5.41) is 19.0. The number of aromatic amines is 1. The number of benzene rings is 1. The molecule has 7 nitrogen and oxygen atoms in total. The molecule has 26 heavy (non-hydrogen) atoms. The van der Waals surface area contributed by atoms with Crippen LogP contribution in [0.1, 0.15) is 28.8 Å².